The summed E-state index contributed by atoms with van der Waals surface area (Å²) in [7, 11) is -3.93. The number of sulfonamides is 1. The van der Waals surface area contributed by atoms with Gasteiger partial charge in [-0.1, -0.05) is 6.07 Å². The van der Waals surface area contributed by atoms with E-state index in [1.165, 1.54) is 19.1 Å². The van der Waals surface area contributed by atoms with Gasteiger partial charge in [0.05, 0.1) is 9.82 Å². The average molecular weight is 320 g/mol. The van der Waals surface area contributed by atoms with Crippen molar-refractivity contribution in [1.82, 2.24) is 14.9 Å². The zero-order valence-corrected chi connectivity index (χ0v) is 11.8. The molecule has 1 heterocycles. The molecule has 20 heavy (non-hydrogen) atoms. The topological polar surface area (TPSA) is 120 Å². The lowest BCUT2D eigenvalue weighted by atomic mass is 10.2. The molecule has 0 aliphatic carbocycles. The van der Waals surface area contributed by atoms with Crippen molar-refractivity contribution in [2.75, 3.05) is 4.83 Å². The highest BCUT2D eigenvalue weighted by molar-refractivity contribution is 7.92. The molecule has 0 bridgehead atoms. The summed E-state index contributed by atoms with van der Waals surface area (Å²) in [4.78, 5) is 12.1. The lowest BCUT2D eigenvalue weighted by Crippen LogP contribution is -2.22. The third kappa shape index (κ3) is 3.22. The van der Waals surface area contributed by atoms with E-state index in [1.54, 1.807) is 0 Å². The van der Waals surface area contributed by atoms with Crippen LogP contribution < -0.4 is 4.83 Å². The minimum absolute atomic E-state index is 0. The number of hydrogen-bond acceptors (Lipinski definition) is 6. The Balaban J connectivity index is 0.00000200. The molecular formula is C9H10ClN5O4S. The second-order valence-electron chi connectivity index (χ2n) is 3.67. The highest BCUT2D eigenvalue weighted by Crippen LogP contribution is 2.22. The third-order valence-corrected chi connectivity index (χ3v) is 3.66. The summed E-state index contributed by atoms with van der Waals surface area (Å²) < 4.78 is 25.0. The van der Waals surface area contributed by atoms with Crippen LogP contribution in [0.2, 0.25) is 0 Å². The van der Waals surface area contributed by atoms with E-state index >= 15 is 0 Å². The molecule has 9 nitrogen and oxygen atoms in total. The molecule has 2 aromatic rings. The molecule has 0 spiro atoms. The van der Waals surface area contributed by atoms with E-state index in [0.717, 1.165) is 23.4 Å². The van der Waals surface area contributed by atoms with Gasteiger partial charge in [0.2, 0.25) is 0 Å². The van der Waals surface area contributed by atoms with E-state index in [1.807, 2.05) is 0 Å². The molecular weight excluding hydrogens is 310 g/mol. The summed E-state index contributed by atoms with van der Waals surface area (Å²) in [5, 5.41) is 17.7. The van der Waals surface area contributed by atoms with Gasteiger partial charge in [-0.2, -0.15) is 8.42 Å². The van der Waals surface area contributed by atoms with Crippen LogP contribution in [0.1, 0.15) is 5.56 Å². The Morgan fingerprint density at radius 3 is 2.45 bits per heavy atom. The van der Waals surface area contributed by atoms with Gasteiger partial charge in [-0.3, -0.25) is 10.1 Å². The smallest absolute Gasteiger partial charge is 0.258 e. The number of nitrogens with zero attached hydrogens (tertiary/aromatic N) is 4. The van der Waals surface area contributed by atoms with Crippen LogP contribution in [0, 0.1) is 17.0 Å². The van der Waals surface area contributed by atoms with Gasteiger partial charge in [0.1, 0.15) is 12.7 Å². The highest BCUT2D eigenvalue weighted by atomic mass is 35.5. The zero-order chi connectivity index (χ0) is 14.0. The SMILES string of the molecule is Cc1ccc(S(=O)(=O)Nn2cnnc2)cc1[N+](=O)[O-].Cl. The number of nitro groups is 1. The second-order valence-corrected chi connectivity index (χ2v) is 5.33. The summed E-state index contributed by atoms with van der Waals surface area (Å²) in [5.74, 6) is 0. The number of rotatable bonds is 4. The van der Waals surface area contributed by atoms with Gasteiger partial charge < -0.3 is 0 Å². The largest absolute Gasteiger partial charge is 0.275 e. The van der Waals surface area contributed by atoms with Crippen LogP contribution in [0.4, 0.5) is 5.69 Å². The molecule has 1 aromatic carbocycles. The van der Waals surface area contributed by atoms with Crippen molar-refractivity contribution in [3.8, 4) is 0 Å². The van der Waals surface area contributed by atoms with Crippen molar-refractivity contribution < 1.29 is 13.3 Å². The van der Waals surface area contributed by atoms with Crippen molar-refractivity contribution in [3.63, 3.8) is 0 Å². The van der Waals surface area contributed by atoms with Gasteiger partial charge in [-0.15, -0.1) is 22.6 Å². The van der Waals surface area contributed by atoms with Crippen molar-refractivity contribution in [3.05, 3.63) is 46.5 Å². The zero-order valence-electron chi connectivity index (χ0n) is 10.1. The number of aryl methyl sites for hydroxylation is 1. The van der Waals surface area contributed by atoms with E-state index < -0.39 is 14.9 Å². The number of hydrogen-bond donors (Lipinski definition) is 1. The summed E-state index contributed by atoms with van der Waals surface area (Å²) in [6.07, 6.45) is 2.31. The minimum atomic E-state index is -3.93. The van der Waals surface area contributed by atoms with Crippen molar-refractivity contribution >= 4 is 28.1 Å². The quantitative estimate of drug-likeness (QED) is 0.658. The summed E-state index contributed by atoms with van der Waals surface area (Å²) in [6.45, 7) is 1.53. The van der Waals surface area contributed by atoms with Crippen molar-refractivity contribution in [2.45, 2.75) is 11.8 Å². The molecule has 0 saturated carbocycles. The predicted molar refractivity (Wildman–Crippen MR) is 71.6 cm³/mol. The molecule has 0 unspecified atom stereocenters. The second kappa shape index (κ2) is 5.84. The fraction of sp³-hybridized carbons (Fsp3) is 0.111. The van der Waals surface area contributed by atoms with Crippen LogP contribution in [0.5, 0.6) is 0 Å². The molecule has 0 fully saturated rings. The number of nitro benzene ring substituents is 1. The average Bonchev–Trinajstić information content (AvgIpc) is 2.80. The van der Waals surface area contributed by atoms with E-state index in [2.05, 4.69) is 15.0 Å². The summed E-state index contributed by atoms with van der Waals surface area (Å²) in [6, 6.07) is 3.66. The Kier molecular flexibility index (Phi) is 4.63. The highest BCUT2D eigenvalue weighted by Gasteiger charge is 2.19. The summed E-state index contributed by atoms with van der Waals surface area (Å²) in [5.41, 5.74) is 0.125. The molecule has 2 rings (SSSR count). The first-order valence-corrected chi connectivity index (χ1v) is 6.51. The maximum atomic E-state index is 12.0. The van der Waals surface area contributed by atoms with Crippen LogP contribution in [0.3, 0.4) is 0 Å². The van der Waals surface area contributed by atoms with Crippen LogP contribution >= 0.6 is 12.4 Å². The fourth-order valence-electron chi connectivity index (χ4n) is 1.39. The van der Waals surface area contributed by atoms with E-state index in [-0.39, 0.29) is 23.0 Å². The first-order chi connectivity index (χ1) is 8.90. The molecule has 0 radical (unpaired) electrons. The number of benzene rings is 1. The normalized spacial score (nSPS) is 10.7. The lowest BCUT2D eigenvalue weighted by molar-refractivity contribution is -0.385. The van der Waals surface area contributed by atoms with Crippen LogP contribution in [0.25, 0.3) is 0 Å². The van der Waals surface area contributed by atoms with Gasteiger partial charge in [-0.05, 0) is 13.0 Å². The Hall–Kier alpha value is -2.20. The molecule has 11 heteroatoms. The van der Waals surface area contributed by atoms with Gasteiger partial charge in [-0.25, -0.2) is 9.51 Å². The van der Waals surface area contributed by atoms with E-state index in [4.69, 9.17) is 0 Å². The standard InChI is InChI=1S/C9H9N5O4S.ClH/c1-7-2-3-8(4-9(7)14(15)16)19(17,18)12-13-5-10-11-6-13;/h2-6,12H,1H3;1H. The first kappa shape index (κ1) is 15.9. The Bertz CT molecular complexity index is 716. The molecule has 0 atom stereocenters. The molecule has 0 saturated heterocycles. The minimum Gasteiger partial charge on any atom is -0.258 e. The summed E-state index contributed by atoms with van der Waals surface area (Å²) >= 11 is 0. The lowest BCUT2D eigenvalue weighted by Gasteiger charge is -2.07. The molecule has 0 aliphatic heterocycles. The first-order valence-electron chi connectivity index (χ1n) is 5.02. The maximum absolute atomic E-state index is 12.0. The van der Waals surface area contributed by atoms with E-state index in [9.17, 15) is 18.5 Å². The number of halogens is 1. The molecule has 0 amide bonds. The monoisotopic (exact) mass is 319 g/mol. The molecule has 108 valence electrons. The van der Waals surface area contributed by atoms with Crippen LogP contribution in [-0.4, -0.2) is 28.2 Å². The van der Waals surface area contributed by atoms with Gasteiger partial charge in [0.25, 0.3) is 15.7 Å². The molecule has 1 aromatic heterocycles. The van der Waals surface area contributed by atoms with Crippen molar-refractivity contribution in [2.24, 2.45) is 0 Å². The van der Waals surface area contributed by atoms with Gasteiger partial charge >= 0.3 is 0 Å². The van der Waals surface area contributed by atoms with Crippen molar-refractivity contribution in [1.29, 1.82) is 0 Å². The fourth-order valence-corrected chi connectivity index (χ4v) is 2.38. The van der Waals surface area contributed by atoms with Crippen LogP contribution in [-0.2, 0) is 10.0 Å². The molecule has 0 aliphatic rings. The van der Waals surface area contributed by atoms with Gasteiger partial charge in [0.15, 0.2) is 0 Å². The predicted octanol–water partition coefficient (Wildman–Crippen LogP) is 0.849. The van der Waals surface area contributed by atoms with E-state index in [0.29, 0.717) is 5.56 Å². The Morgan fingerprint density at radius 2 is 1.90 bits per heavy atom. The number of nitrogens with one attached hydrogen (secondary N) is 1. The Morgan fingerprint density at radius 1 is 1.30 bits per heavy atom. The number of aromatic nitrogens is 3. The third-order valence-electron chi connectivity index (χ3n) is 2.33. The Labute approximate surface area is 120 Å². The molecule has 1 N–H and O–H groups in total. The maximum Gasteiger partial charge on any atom is 0.275 e. The van der Waals surface area contributed by atoms with Crippen LogP contribution in [0.15, 0.2) is 35.7 Å². The van der Waals surface area contributed by atoms with Gasteiger partial charge in [0, 0.05) is 11.6 Å².